The van der Waals surface area contributed by atoms with Gasteiger partial charge in [0.05, 0.1) is 6.61 Å². The molecule has 0 saturated carbocycles. The van der Waals surface area contributed by atoms with Crippen LogP contribution in [0.2, 0.25) is 0 Å². The Morgan fingerprint density at radius 2 is 1.30 bits per heavy atom. The Bertz CT molecular complexity index is 828. The van der Waals surface area contributed by atoms with E-state index in [4.69, 9.17) is 14.2 Å². The second kappa shape index (κ2) is 15.9. The van der Waals surface area contributed by atoms with Crippen LogP contribution in [-0.2, 0) is 11.2 Å². The Morgan fingerprint density at radius 1 is 0.697 bits per heavy atom. The van der Waals surface area contributed by atoms with Gasteiger partial charge >= 0.3 is 12.1 Å². The normalized spacial score (nSPS) is 10.6. The smallest absolute Gasteiger partial charge is 0.462 e. The highest BCUT2D eigenvalue weighted by molar-refractivity contribution is 5.93. The molecule has 2 rings (SSSR count). The van der Waals surface area contributed by atoms with Crippen LogP contribution in [0.5, 0.6) is 11.5 Å². The summed E-state index contributed by atoms with van der Waals surface area (Å²) in [4.78, 5) is 24.2. The van der Waals surface area contributed by atoms with Gasteiger partial charge < -0.3 is 14.2 Å². The highest BCUT2D eigenvalue weighted by Crippen LogP contribution is 2.21. The lowest BCUT2D eigenvalue weighted by atomic mass is 10.0. The summed E-state index contributed by atoms with van der Waals surface area (Å²) in [6.07, 6.45) is 13.4. The van der Waals surface area contributed by atoms with Crippen molar-refractivity contribution in [2.75, 3.05) is 6.61 Å². The predicted molar refractivity (Wildman–Crippen MR) is 131 cm³/mol. The number of hydrogen-bond acceptors (Lipinski definition) is 5. The number of hydrogen-bond donors (Lipinski definition) is 0. The molecule has 0 fully saturated rings. The molecule has 0 amide bonds. The minimum absolute atomic E-state index is 0.110. The third kappa shape index (κ3) is 10.6. The van der Waals surface area contributed by atoms with E-state index in [-0.39, 0.29) is 17.9 Å². The number of para-hydroxylation sites is 1. The number of ether oxygens (including phenoxy) is 3. The van der Waals surface area contributed by atoms with Gasteiger partial charge in [-0.15, -0.1) is 0 Å². The number of esters is 1. The first-order chi connectivity index (χ1) is 16.1. The monoisotopic (exact) mass is 454 g/mol. The van der Waals surface area contributed by atoms with Crippen molar-refractivity contribution in [3.63, 3.8) is 0 Å². The zero-order valence-corrected chi connectivity index (χ0v) is 20.1. The van der Waals surface area contributed by atoms with Gasteiger partial charge in [0.1, 0.15) is 17.1 Å². The second-order valence-electron chi connectivity index (χ2n) is 8.25. The maximum atomic E-state index is 12.2. The number of benzene rings is 2. The maximum Gasteiger partial charge on any atom is 0.519 e. The van der Waals surface area contributed by atoms with Crippen LogP contribution in [0.25, 0.3) is 0 Å². The molecule has 2 aromatic carbocycles. The zero-order valence-electron chi connectivity index (χ0n) is 20.1. The van der Waals surface area contributed by atoms with Crippen LogP contribution in [-0.4, -0.2) is 18.7 Å². The lowest BCUT2D eigenvalue weighted by Crippen LogP contribution is -2.16. The van der Waals surface area contributed by atoms with E-state index in [0.717, 1.165) is 6.42 Å². The molecule has 0 atom stereocenters. The Kier molecular flexibility index (Phi) is 12.7. The Labute approximate surface area is 198 Å². The van der Waals surface area contributed by atoms with Gasteiger partial charge in [0.15, 0.2) is 0 Å². The number of rotatable bonds is 15. The van der Waals surface area contributed by atoms with E-state index in [1.54, 1.807) is 37.3 Å². The quantitative estimate of drug-likeness (QED) is 0.155. The van der Waals surface area contributed by atoms with Gasteiger partial charge in [-0.25, -0.2) is 9.59 Å². The van der Waals surface area contributed by atoms with E-state index in [1.807, 2.05) is 12.1 Å². The molecule has 0 N–H and O–H groups in total. The van der Waals surface area contributed by atoms with Crippen LogP contribution >= 0.6 is 0 Å². The van der Waals surface area contributed by atoms with Gasteiger partial charge in [-0.1, -0.05) is 89.0 Å². The predicted octanol–water partition coefficient (Wildman–Crippen LogP) is 7.90. The fraction of sp³-hybridized carbons (Fsp3) is 0.500. The van der Waals surface area contributed by atoms with E-state index >= 15 is 0 Å². The Balaban J connectivity index is 1.68. The van der Waals surface area contributed by atoms with E-state index < -0.39 is 12.1 Å². The van der Waals surface area contributed by atoms with Crippen molar-refractivity contribution in [2.45, 2.75) is 84.5 Å². The summed E-state index contributed by atoms with van der Waals surface area (Å²) in [7, 11) is 0. The molecular formula is C28H38O5. The molecule has 0 aromatic heterocycles. The van der Waals surface area contributed by atoms with Crippen molar-refractivity contribution in [3.05, 3.63) is 59.7 Å². The lowest BCUT2D eigenvalue weighted by Gasteiger charge is -2.10. The van der Waals surface area contributed by atoms with E-state index in [0.29, 0.717) is 5.75 Å². The highest BCUT2D eigenvalue weighted by atomic mass is 16.7. The molecule has 180 valence electrons. The molecule has 0 aliphatic carbocycles. The first-order valence-electron chi connectivity index (χ1n) is 12.4. The van der Waals surface area contributed by atoms with Crippen LogP contribution in [0.3, 0.4) is 0 Å². The van der Waals surface area contributed by atoms with Crippen molar-refractivity contribution < 1.29 is 23.8 Å². The molecule has 0 aliphatic heterocycles. The van der Waals surface area contributed by atoms with Crippen molar-refractivity contribution in [1.29, 1.82) is 0 Å². The van der Waals surface area contributed by atoms with Crippen LogP contribution in [0.15, 0.2) is 48.5 Å². The fourth-order valence-corrected chi connectivity index (χ4v) is 3.68. The van der Waals surface area contributed by atoms with Crippen LogP contribution < -0.4 is 9.47 Å². The number of aryl methyl sites for hydroxylation is 1. The van der Waals surface area contributed by atoms with E-state index in [9.17, 15) is 9.59 Å². The molecule has 0 unspecified atom stereocenters. The van der Waals surface area contributed by atoms with Gasteiger partial charge in [-0.05, 0) is 49.6 Å². The Morgan fingerprint density at radius 3 is 1.94 bits per heavy atom. The summed E-state index contributed by atoms with van der Waals surface area (Å²) >= 11 is 0. The molecular weight excluding hydrogens is 416 g/mol. The summed E-state index contributed by atoms with van der Waals surface area (Å²) in [6, 6.07) is 13.9. The topological polar surface area (TPSA) is 61.8 Å². The molecule has 0 heterocycles. The molecule has 0 spiro atoms. The largest absolute Gasteiger partial charge is 0.519 e. The van der Waals surface area contributed by atoms with Crippen molar-refractivity contribution >= 4 is 12.1 Å². The molecule has 0 radical (unpaired) electrons. The van der Waals surface area contributed by atoms with Gasteiger partial charge in [-0.2, -0.15) is 0 Å². The van der Waals surface area contributed by atoms with Crippen molar-refractivity contribution in [3.8, 4) is 11.5 Å². The third-order valence-electron chi connectivity index (χ3n) is 5.52. The summed E-state index contributed by atoms with van der Waals surface area (Å²) in [5.74, 6) is -0.0313. The molecule has 5 heteroatoms. The SMILES string of the molecule is CCCCCCCCCCCCc1ccc(OC(=O)Oc2ccccc2C(=O)OCC)cc1. The number of carbonyl (C=O) groups is 2. The highest BCUT2D eigenvalue weighted by Gasteiger charge is 2.17. The van der Waals surface area contributed by atoms with Crippen LogP contribution in [0, 0.1) is 0 Å². The second-order valence-corrected chi connectivity index (χ2v) is 8.25. The van der Waals surface area contributed by atoms with Gasteiger partial charge in [-0.3, -0.25) is 0 Å². The molecule has 5 nitrogen and oxygen atoms in total. The fourth-order valence-electron chi connectivity index (χ4n) is 3.68. The van der Waals surface area contributed by atoms with Crippen molar-refractivity contribution in [2.24, 2.45) is 0 Å². The van der Waals surface area contributed by atoms with Gasteiger partial charge in [0.25, 0.3) is 0 Å². The average molecular weight is 455 g/mol. The summed E-state index contributed by atoms with van der Waals surface area (Å²) in [5.41, 5.74) is 1.41. The first-order valence-corrected chi connectivity index (χ1v) is 12.4. The van der Waals surface area contributed by atoms with Gasteiger partial charge in [0.2, 0.25) is 0 Å². The maximum absolute atomic E-state index is 12.2. The lowest BCUT2D eigenvalue weighted by molar-refractivity contribution is 0.0522. The molecule has 33 heavy (non-hydrogen) atoms. The van der Waals surface area contributed by atoms with E-state index in [2.05, 4.69) is 6.92 Å². The van der Waals surface area contributed by atoms with Crippen molar-refractivity contribution in [1.82, 2.24) is 0 Å². The molecule has 0 bridgehead atoms. The third-order valence-corrected chi connectivity index (χ3v) is 5.52. The number of unbranched alkanes of at least 4 members (excludes halogenated alkanes) is 9. The average Bonchev–Trinajstić information content (AvgIpc) is 2.82. The minimum atomic E-state index is -0.894. The number of carbonyl (C=O) groups excluding carboxylic acids is 2. The van der Waals surface area contributed by atoms with Gasteiger partial charge in [0, 0.05) is 0 Å². The molecule has 0 saturated heterocycles. The minimum Gasteiger partial charge on any atom is -0.462 e. The first kappa shape index (κ1) is 26.4. The van der Waals surface area contributed by atoms with Crippen LogP contribution in [0.1, 0.15) is 94.0 Å². The zero-order chi connectivity index (χ0) is 23.7. The molecule has 2 aromatic rings. The Hall–Kier alpha value is -2.82. The van der Waals surface area contributed by atoms with Crippen LogP contribution in [0.4, 0.5) is 4.79 Å². The summed E-state index contributed by atoms with van der Waals surface area (Å²) < 4.78 is 15.5. The summed E-state index contributed by atoms with van der Waals surface area (Å²) in [5, 5.41) is 0. The standard InChI is InChI=1S/C28H38O5/c1-3-5-6-7-8-9-10-11-12-13-16-23-19-21-24(22-20-23)32-28(30)33-26-18-15-14-17-25(26)27(29)31-4-2/h14-15,17-22H,3-13,16H2,1-2H3. The molecule has 0 aliphatic rings. The summed E-state index contributed by atoms with van der Waals surface area (Å²) in [6.45, 7) is 4.21. The van der Waals surface area contributed by atoms with E-state index in [1.165, 1.54) is 75.8 Å².